The fraction of sp³-hybridized carbons (Fsp3) is 0.550. The number of hydrogen-bond donors (Lipinski definition) is 5. The van der Waals surface area contributed by atoms with Gasteiger partial charge in [-0.3, -0.25) is 14.4 Å². The van der Waals surface area contributed by atoms with Crippen molar-refractivity contribution in [1.29, 1.82) is 0 Å². The number of aliphatic hydroxyl groups is 3. The predicted octanol–water partition coefficient (Wildman–Crippen LogP) is 0.745. The van der Waals surface area contributed by atoms with E-state index in [-0.39, 0.29) is 17.4 Å². The van der Waals surface area contributed by atoms with Crippen LogP contribution in [-0.4, -0.2) is 77.2 Å². The number of amides is 3. The molecule has 178 valence electrons. The molecule has 0 spiro atoms. The Bertz CT molecular complexity index is 927. The van der Waals surface area contributed by atoms with E-state index in [0.29, 0.717) is 24.1 Å². The van der Waals surface area contributed by atoms with E-state index in [1.165, 1.54) is 18.7 Å². The smallest absolute Gasteiger partial charge is 0.253 e. The molecule has 3 amide bonds. The highest BCUT2D eigenvalue weighted by molar-refractivity contribution is 14.1. The molecule has 0 radical (unpaired) electrons. The number of benzene rings is 1. The van der Waals surface area contributed by atoms with Crippen LogP contribution in [0.15, 0.2) is 0 Å². The van der Waals surface area contributed by atoms with Crippen molar-refractivity contribution in [2.45, 2.75) is 58.2 Å². The van der Waals surface area contributed by atoms with Gasteiger partial charge in [0.05, 0.1) is 42.8 Å². The van der Waals surface area contributed by atoms with Crippen molar-refractivity contribution in [3.05, 3.63) is 18.3 Å². The third kappa shape index (κ3) is 5.35. The van der Waals surface area contributed by atoms with Crippen molar-refractivity contribution in [3.63, 3.8) is 0 Å². The van der Waals surface area contributed by atoms with Gasteiger partial charge in [-0.25, -0.2) is 0 Å². The summed E-state index contributed by atoms with van der Waals surface area (Å²) in [5.74, 6) is -1.16. The number of anilines is 2. The van der Waals surface area contributed by atoms with Crippen LogP contribution in [0.5, 0.6) is 0 Å². The summed E-state index contributed by atoms with van der Waals surface area (Å²) in [6, 6.07) is -0.951. The standard InChI is InChI=1S/C20H27I2N3O7/c1-7-12(20(31)24-15-8(2)32-11(6-26)18(29)19(15)30)13(21)16(23-9(3)27)14(22)17(7)25(5)10(4)28/h8,11,15,18-19,26,29-30H,6H2,1-5H3,(H,23,27)(H,24,31)/t8?,11-,15+,18-,19-/m1/s1. The zero-order valence-corrected chi connectivity index (χ0v) is 22.6. The molecule has 1 aliphatic heterocycles. The Balaban J connectivity index is 2.56. The lowest BCUT2D eigenvalue weighted by molar-refractivity contribution is -0.187. The molecule has 1 aromatic rings. The molecular formula is C20H27I2N3O7. The van der Waals surface area contributed by atoms with Gasteiger partial charge in [0.1, 0.15) is 18.3 Å². The molecule has 0 saturated carbocycles. The minimum absolute atomic E-state index is 0.219. The molecular weight excluding hydrogens is 648 g/mol. The van der Waals surface area contributed by atoms with Gasteiger partial charge in [0, 0.05) is 20.9 Å². The van der Waals surface area contributed by atoms with Crippen LogP contribution in [-0.2, 0) is 14.3 Å². The number of aliphatic hydroxyl groups excluding tert-OH is 3. The molecule has 32 heavy (non-hydrogen) atoms. The van der Waals surface area contributed by atoms with Crippen LogP contribution in [0.2, 0.25) is 0 Å². The zero-order chi connectivity index (χ0) is 24.5. The van der Waals surface area contributed by atoms with E-state index in [9.17, 15) is 29.7 Å². The third-order valence-corrected chi connectivity index (χ3v) is 7.53. The van der Waals surface area contributed by atoms with Crippen molar-refractivity contribution in [1.82, 2.24) is 5.32 Å². The fourth-order valence-electron chi connectivity index (χ4n) is 3.63. The van der Waals surface area contributed by atoms with Gasteiger partial charge in [-0.1, -0.05) is 0 Å². The summed E-state index contributed by atoms with van der Waals surface area (Å²) in [7, 11) is 1.57. The first-order valence-corrected chi connectivity index (χ1v) is 12.0. The number of nitrogens with one attached hydrogen (secondary N) is 2. The number of nitrogens with zero attached hydrogens (tertiary/aromatic N) is 1. The van der Waals surface area contributed by atoms with E-state index in [4.69, 9.17) is 4.74 Å². The molecule has 1 aromatic carbocycles. The second-order valence-electron chi connectivity index (χ2n) is 7.65. The van der Waals surface area contributed by atoms with Gasteiger partial charge >= 0.3 is 0 Å². The van der Waals surface area contributed by atoms with E-state index in [2.05, 4.69) is 10.6 Å². The maximum absolute atomic E-state index is 13.4. The number of carbonyl (C=O) groups excluding carboxylic acids is 3. The molecule has 5 N–H and O–H groups in total. The molecule has 0 aromatic heterocycles. The normalized spacial score (nSPS) is 25.2. The number of ether oxygens (including phenoxy) is 1. The SMILES string of the molecule is CC(=O)Nc1c(I)c(C(=O)N[C@H]2C(C)O[C@H](CO)[C@@H](O)[C@@H]2O)c(C)c(N(C)C(C)=O)c1I. The second kappa shape index (κ2) is 10.9. The lowest BCUT2D eigenvalue weighted by atomic mass is 9.93. The van der Waals surface area contributed by atoms with Crippen LogP contribution in [0, 0.1) is 14.1 Å². The molecule has 0 bridgehead atoms. The highest BCUT2D eigenvalue weighted by Gasteiger charge is 2.43. The summed E-state index contributed by atoms with van der Waals surface area (Å²) < 4.78 is 6.59. The Morgan fingerprint density at radius 2 is 1.72 bits per heavy atom. The Morgan fingerprint density at radius 3 is 2.22 bits per heavy atom. The maximum atomic E-state index is 13.4. The Kier molecular flexibility index (Phi) is 9.26. The molecule has 1 aliphatic rings. The largest absolute Gasteiger partial charge is 0.394 e. The van der Waals surface area contributed by atoms with Crippen molar-refractivity contribution < 1.29 is 34.4 Å². The highest BCUT2D eigenvalue weighted by Crippen LogP contribution is 2.39. The van der Waals surface area contributed by atoms with E-state index in [1.807, 2.05) is 45.2 Å². The molecule has 0 aliphatic carbocycles. The quantitative estimate of drug-likeness (QED) is 0.290. The van der Waals surface area contributed by atoms with Gasteiger partial charge in [-0.15, -0.1) is 0 Å². The van der Waals surface area contributed by atoms with E-state index in [1.54, 1.807) is 20.9 Å². The molecule has 1 fully saturated rings. The van der Waals surface area contributed by atoms with Crippen molar-refractivity contribution in [2.24, 2.45) is 0 Å². The first kappa shape index (κ1) is 27.2. The first-order valence-electron chi connectivity index (χ1n) is 9.80. The average Bonchev–Trinajstić information content (AvgIpc) is 2.70. The van der Waals surface area contributed by atoms with Crippen molar-refractivity contribution >= 4 is 74.3 Å². The van der Waals surface area contributed by atoms with Gasteiger partial charge in [0.15, 0.2) is 0 Å². The second-order valence-corrected chi connectivity index (χ2v) is 9.81. The minimum Gasteiger partial charge on any atom is -0.394 e. The van der Waals surface area contributed by atoms with Crippen molar-refractivity contribution in [3.8, 4) is 0 Å². The minimum atomic E-state index is -1.38. The van der Waals surface area contributed by atoms with E-state index in [0.717, 1.165) is 0 Å². The summed E-state index contributed by atoms with van der Waals surface area (Å²) in [5, 5.41) is 35.5. The van der Waals surface area contributed by atoms with Crippen LogP contribution < -0.4 is 15.5 Å². The molecule has 10 nitrogen and oxygen atoms in total. The van der Waals surface area contributed by atoms with Crippen LogP contribution in [0.4, 0.5) is 11.4 Å². The first-order chi connectivity index (χ1) is 14.8. The summed E-state index contributed by atoms with van der Waals surface area (Å²) >= 11 is 3.98. The molecule has 1 saturated heterocycles. The average molecular weight is 675 g/mol. The summed E-state index contributed by atoms with van der Waals surface area (Å²) in [4.78, 5) is 38.6. The van der Waals surface area contributed by atoms with Crippen LogP contribution >= 0.6 is 45.2 Å². The summed E-state index contributed by atoms with van der Waals surface area (Å²) in [6.45, 7) is 5.57. The Morgan fingerprint density at radius 1 is 1.12 bits per heavy atom. The molecule has 2 rings (SSSR count). The van der Waals surface area contributed by atoms with Gasteiger partial charge in [-0.2, -0.15) is 0 Å². The number of halogens is 2. The molecule has 1 unspecified atom stereocenters. The van der Waals surface area contributed by atoms with Crippen LogP contribution in [0.1, 0.15) is 36.7 Å². The van der Waals surface area contributed by atoms with Crippen molar-refractivity contribution in [2.75, 3.05) is 23.9 Å². The van der Waals surface area contributed by atoms with Gasteiger partial charge < -0.3 is 35.6 Å². The highest BCUT2D eigenvalue weighted by atomic mass is 127. The number of carbonyl (C=O) groups is 3. The maximum Gasteiger partial charge on any atom is 0.253 e. The Hall–Kier alpha value is -1.07. The van der Waals surface area contributed by atoms with E-state index < -0.39 is 43.0 Å². The molecule has 1 heterocycles. The third-order valence-electron chi connectivity index (χ3n) is 5.40. The monoisotopic (exact) mass is 675 g/mol. The Labute approximate surface area is 213 Å². The van der Waals surface area contributed by atoms with Gasteiger partial charge in [0.25, 0.3) is 5.91 Å². The lowest BCUT2D eigenvalue weighted by Gasteiger charge is -2.41. The summed E-state index contributed by atoms with van der Waals surface area (Å²) in [5.41, 5.74) is 1.60. The van der Waals surface area contributed by atoms with Crippen LogP contribution in [0.3, 0.4) is 0 Å². The molecule has 12 heteroatoms. The topological polar surface area (TPSA) is 148 Å². The van der Waals surface area contributed by atoms with Crippen LogP contribution in [0.25, 0.3) is 0 Å². The number of rotatable bonds is 5. The van der Waals surface area contributed by atoms with Gasteiger partial charge in [0.2, 0.25) is 11.8 Å². The predicted molar refractivity (Wildman–Crippen MR) is 135 cm³/mol. The zero-order valence-electron chi connectivity index (χ0n) is 18.3. The fourth-order valence-corrected chi connectivity index (χ4v) is 6.37. The summed E-state index contributed by atoms with van der Waals surface area (Å²) in [6.07, 6.45) is -4.40. The lowest BCUT2D eigenvalue weighted by Crippen LogP contribution is -2.63. The van der Waals surface area contributed by atoms with E-state index >= 15 is 0 Å². The van der Waals surface area contributed by atoms with Gasteiger partial charge in [-0.05, 0) is 64.6 Å². The number of hydrogen-bond acceptors (Lipinski definition) is 7. The molecule has 5 atom stereocenters.